The highest BCUT2D eigenvalue weighted by Crippen LogP contribution is 2.24. The van der Waals surface area contributed by atoms with E-state index in [1.165, 1.54) is 103 Å². The third-order valence-corrected chi connectivity index (χ3v) is 7.89. The highest BCUT2D eigenvalue weighted by molar-refractivity contribution is 4.72. The fourth-order valence-electron chi connectivity index (χ4n) is 5.71. The van der Waals surface area contributed by atoms with Gasteiger partial charge in [-0.15, -0.1) is 0 Å². The molecule has 0 bridgehead atoms. The first-order valence-corrected chi connectivity index (χ1v) is 14.0. The van der Waals surface area contributed by atoms with Crippen molar-refractivity contribution >= 4 is 0 Å². The van der Waals surface area contributed by atoms with Crippen molar-refractivity contribution in [3.63, 3.8) is 0 Å². The predicted octanol–water partition coefficient (Wildman–Crippen LogP) is 5.55. The van der Waals surface area contributed by atoms with Crippen molar-refractivity contribution in [1.29, 1.82) is 0 Å². The van der Waals surface area contributed by atoms with Gasteiger partial charge in [0.05, 0.1) is 50.8 Å². The molecule has 6 heteroatoms. The van der Waals surface area contributed by atoms with Gasteiger partial charge in [-0.25, -0.2) is 0 Å². The Labute approximate surface area is 201 Å². The molecular weight excluding hydrogens is 420 g/mol. The Bertz CT molecular complexity index is 409. The Morgan fingerprint density at radius 1 is 0.394 bits per heavy atom. The molecule has 0 saturated heterocycles. The van der Waals surface area contributed by atoms with Crippen molar-refractivity contribution in [2.24, 2.45) is 0 Å². The zero-order chi connectivity index (χ0) is 22.6. The van der Waals surface area contributed by atoms with Crippen LogP contribution in [0.1, 0.15) is 103 Å². The summed E-state index contributed by atoms with van der Waals surface area (Å²) in [6.45, 7) is 2.58. The van der Waals surface area contributed by atoms with E-state index in [1.807, 2.05) is 0 Å². The third kappa shape index (κ3) is 9.73. The zero-order valence-corrected chi connectivity index (χ0v) is 20.8. The molecule has 4 fully saturated rings. The van der Waals surface area contributed by atoms with Crippen LogP contribution in [0, 0.1) is 0 Å². The number of rotatable bonds is 16. The van der Waals surface area contributed by atoms with Gasteiger partial charge in [-0.1, -0.05) is 51.4 Å². The lowest BCUT2D eigenvalue weighted by Gasteiger charge is -2.25. The van der Waals surface area contributed by atoms with Crippen LogP contribution in [-0.4, -0.2) is 69.8 Å². The molecule has 0 N–H and O–H groups in total. The summed E-state index contributed by atoms with van der Waals surface area (Å²) >= 11 is 0. The smallest absolute Gasteiger partial charge is 0.147 e. The fourth-order valence-corrected chi connectivity index (χ4v) is 5.71. The standard InChI is InChI=1S/C27H48O6/c1-2-10-22(9-1)28-17-26(18-29-23-11-3-4-12-23)32-21-33-27(19-30-24-13-5-6-14-24)20-31-25-15-7-8-16-25/h22-27H,1-21H2. The normalized spacial score (nSPS) is 23.8. The summed E-state index contributed by atoms with van der Waals surface area (Å²) in [6.07, 6.45) is 21.0. The summed E-state index contributed by atoms with van der Waals surface area (Å²) in [5.74, 6) is 0. The number of hydrogen-bond acceptors (Lipinski definition) is 6. The SMILES string of the molecule is C1CCC(OCC(COC2CCCC2)OCOC(COC2CCCC2)COC2CCCC2)C1. The molecule has 4 aliphatic carbocycles. The van der Waals surface area contributed by atoms with Gasteiger partial charge in [-0.05, 0) is 51.4 Å². The van der Waals surface area contributed by atoms with E-state index in [9.17, 15) is 0 Å². The lowest BCUT2D eigenvalue weighted by Crippen LogP contribution is -2.34. The van der Waals surface area contributed by atoms with Crippen molar-refractivity contribution in [3.8, 4) is 0 Å². The monoisotopic (exact) mass is 468 g/mol. The van der Waals surface area contributed by atoms with E-state index in [1.54, 1.807) is 0 Å². The van der Waals surface area contributed by atoms with Crippen LogP contribution in [0.15, 0.2) is 0 Å². The minimum atomic E-state index is -0.0849. The maximum absolute atomic E-state index is 6.16. The second-order valence-corrected chi connectivity index (χ2v) is 10.7. The van der Waals surface area contributed by atoms with Crippen molar-refractivity contribution in [1.82, 2.24) is 0 Å². The molecule has 0 radical (unpaired) electrons. The molecule has 0 aliphatic heterocycles. The maximum atomic E-state index is 6.16. The molecule has 0 unspecified atom stereocenters. The highest BCUT2D eigenvalue weighted by Gasteiger charge is 2.24. The van der Waals surface area contributed by atoms with Crippen LogP contribution in [-0.2, 0) is 28.4 Å². The summed E-state index contributed by atoms with van der Waals surface area (Å²) in [6, 6.07) is 0. The maximum Gasteiger partial charge on any atom is 0.147 e. The van der Waals surface area contributed by atoms with Crippen molar-refractivity contribution in [3.05, 3.63) is 0 Å². The predicted molar refractivity (Wildman–Crippen MR) is 127 cm³/mol. The Morgan fingerprint density at radius 3 is 0.879 bits per heavy atom. The fraction of sp³-hybridized carbons (Fsp3) is 1.00. The van der Waals surface area contributed by atoms with Gasteiger partial charge in [0.25, 0.3) is 0 Å². The topological polar surface area (TPSA) is 55.4 Å². The molecule has 0 aromatic heterocycles. The molecule has 4 rings (SSSR count). The first-order valence-electron chi connectivity index (χ1n) is 14.0. The second kappa shape index (κ2) is 15.0. The van der Waals surface area contributed by atoms with Crippen LogP contribution in [0.3, 0.4) is 0 Å². The van der Waals surface area contributed by atoms with Gasteiger partial charge < -0.3 is 28.4 Å². The summed E-state index contributed by atoms with van der Waals surface area (Å²) in [5, 5.41) is 0. The summed E-state index contributed by atoms with van der Waals surface area (Å²) in [4.78, 5) is 0. The third-order valence-electron chi connectivity index (χ3n) is 7.89. The van der Waals surface area contributed by atoms with Crippen molar-refractivity contribution in [2.45, 2.75) is 139 Å². The van der Waals surface area contributed by atoms with E-state index in [2.05, 4.69) is 0 Å². The Kier molecular flexibility index (Phi) is 11.7. The van der Waals surface area contributed by atoms with Crippen LogP contribution in [0.2, 0.25) is 0 Å². The molecule has 33 heavy (non-hydrogen) atoms. The van der Waals surface area contributed by atoms with E-state index < -0.39 is 0 Å². The minimum Gasteiger partial charge on any atom is -0.375 e. The lowest BCUT2D eigenvalue weighted by atomic mass is 10.3. The molecule has 0 aromatic carbocycles. The van der Waals surface area contributed by atoms with Gasteiger partial charge >= 0.3 is 0 Å². The molecule has 4 saturated carbocycles. The Morgan fingerprint density at radius 2 is 0.636 bits per heavy atom. The molecule has 6 nitrogen and oxygen atoms in total. The quantitative estimate of drug-likeness (QED) is 0.277. The summed E-state index contributed by atoms with van der Waals surface area (Å²) in [5.41, 5.74) is 0. The minimum absolute atomic E-state index is 0.0849. The van der Waals surface area contributed by atoms with Gasteiger partial charge in [0.2, 0.25) is 0 Å². The Balaban J connectivity index is 1.19. The number of ether oxygens (including phenoxy) is 6. The molecule has 4 aliphatic rings. The van der Waals surface area contributed by atoms with E-state index in [0.29, 0.717) is 50.8 Å². The molecular formula is C27H48O6. The van der Waals surface area contributed by atoms with Gasteiger partial charge in [0.15, 0.2) is 0 Å². The van der Waals surface area contributed by atoms with Crippen LogP contribution in [0.5, 0.6) is 0 Å². The average molecular weight is 469 g/mol. The summed E-state index contributed by atoms with van der Waals surface area (Å²) < 4.78 is 36.9. The number of hydrogen-bond donors (Lipinski definition) is 0. The molecule has 0 heterocycles. The highest BCUT2D eigenvalue weighted by atomic mass is 16.7. The van der Waals surface area contributed by atoms with E-state index >= 15 is 0 Å². The van der Waals surface area contributed by atoms with Crippen LogP contribution < -0.4 is 0 Å². The van der Waals surface area contributed by atoms with Gasteiger partial charge in [-0.3, -0.25) is 0 Å². The molecule has 0 amide bonds. The van der Waals surface area contributed by atoms with Gasteiger partial charge in [0, 0.05) is 0 Å². The first kappa shape index (κ1) is 25.8. The molecule has 0 atom stereocenters. The van der Waals surface area contributed by atoms with Crippen LogP contribution in [0.4, 0.5) is 0 Å². The average Bonchev–Trinajstić information content (AvgIpc) is 3.65. The van der Waals surface area contributed by atoms with E-state index in [0.717, 1.165) is 0 Å². The molecule has 0 aromatic rings. The second-order valence-electron chi connectivity index (χ2n) is 10.7. The summed E-state index contributed by atoms with van der Waals surface area (Å²) in [7, 11) is 0. The zero-order valence-electron chi connectivity index (χ0n) is 20.8. The lowest BCUT2D eigenvalue weighted by molar-refractivity contribution is -0.181. The van der Waals surface area contributed by atoms with Crippen LogP contribution >= 0.6 is 0 Å². The van der Waals surface area contributed by atoms with Gasteiger partial charge in [-0.2, -0.15) is 0 Å². The van der Waals surface area contributed by atoms with Crippen molar-refractivity contribution < 1.29 is 28.4 Å². The van der Waals surface area contributed by atoms with Crippen molar-refractivity contribution in [2.75, 3.05) is 33.2 Å². The largest absolute Gasteiger partial charge is 0.375 e. The van der Waals surface area contributed by atoms with Gasteiger partial charge in [0.1, 0.15) is 19.0 Å². The molecule has 192 valence electrons. The Hall–Kier alpha value is -0.240. The first-order chi connectivity index (χ1) is 16.3. The van der Waals surface area contributed by atoms with E-state index in [-0.39, 0.29) is 19.0 Å². The van der Waals surface area contributed by atoms with Crippen LogP contribution in [0.25, 0.3) is 0 Å². The molecule has 0 spiro atoms. The van der Waals surface area contributed by atoms with E-state index in [4.69, 9.17) is 28.4 Å².